The Kier molecular flexibility index (Phi) is 7.52. The number of carbonyl (C=O) groups is 1. The van der Waals surface area contributed by atoms with Crippen LogP contribution < -0.4 is 25.6 Å². The fourth-order valence-corrected chi connectivity index (χ4v) is 4.77. The van der Waals surface area contributed by atoms with E-state index in [4.69, 9.17) is 14.7 Å². The first-order chi connectivity index (χ1) is 16.0. The highest BCUT2D eigenvalue weighted by atomic mass is 16.5. The number of anilines is 3. The largest absolute Gasteiger partial charge is 0.492 e. The van der Waals surface area contributed by atoms with E-state index in [0.717, 1.165) is 50.3 Å². The number of hydrogen-bond donors (Lipinski definition) is 3. The van der Waals surface area contributed by atoms with Crippen molar-refractivity contribution in [2.75, 3.05) is 36.2 Å². The maximum Gasteiger partial charge on any atom is 0.319 e. The highest BCUT2D eigenvalue weighted by Gasteiger charge is 2.25. The summed E-state index contributed by atoms with van der Waals surface area (Å²) in [5, 5.41) is 9.61. The minimum atomic E-state index is -0.188. The van der Waals surface area contributed by atoms with Gasteiger partial charge in [-0.2, -0.15) is 4.98 Å². The number of aromatic nitrogens is 2. The van der Waals surface area contributed by atoms with Crippen LogP contribution >= 0.6 is 0 Å². The van der Waals surface area contributed by atoms with Gasteiger partial charge in [0.2, 0.25) is 5.95 Å². The smallest absolute Gasteiger partial charge is 0.319 e. The Morgan fingerprint density at radius 2 is 1.79 bits per heavy atom. The molecular formula is C25H36N6O2. The molecule has 3 N–H and O–H groups in total. The van der Waals surface area contributed by atoms with Crippen molar-refractivity contribution in [3.8, 4) is 5.75 Å². The molecule has 0 aliphatic heterocycles. The lowest BCUT2D eigenvalue weighted by atomic mass is 9.91. The molecule has 0 radical (unpaired) electrons. The van der Waals surface area contributed by atoms with E-state index >= 15 is 0 Å². The zero-order valence-corrected chi connectivity index (χ0v) is 20.0. The third-order valence-corrected chi connectivity index (χ3v) is 6.42. The second-order valence-corrected chi connectivity index (χ2v) is 9.12. The lowest BCUT2D eigenvalue weighted by Crippen LogP contribution is -2.42. The van der Waals surface area contributed by atoms with Crippen LogP contribution in [0.3, 0.4) is 0 Å². The summed E-state index contributed by atoms with van der Waals surface area (Å²) in [4.78, 5) is 24.3. The molecule has 0 saturated heterocycles. The zero-order chi connectivity index (χ0) is 23.2. The third kappa shape index (κ3) is 5.86. The molecule has 8 nitrogen and oxygen atoms in total. The number of nitrogens with one attached hydrogen (secondary N) is 3. The lowest BCUT2D eigenvalue weighted by Gasteiger charge is -2.30. The van der Waals surface area contributed by atoms with Gasteiger partial charge in [-0.15, -0.1) is 0 Å². The minimum Gasteiger partial charge on any atom is -0.492 e. The van der Waals surface area contributed by atoms with E-state index in [1.165, 1.54) is 24.1 Å². The van der Waals surface area contributed by atoms with Crippen molar-refractivity contribution in [2.45, 2.75) is 70.4 Å². The quantitative estimate of drug-likeness (QED) is 0.578. The molecule has 0 bridgehead atoms. The topological polar surface area (TPSA) is 91.4 Å². The Labute approximate surface area is 196 Å². The summed E-state index contributed by atoms with van der Waals surface area (Å²) in [6.07, 6.45) is 8.29. The molecule has 1 heterocycles. The van der Waals surface area contributed by atoms with E-state index in [0.29, 0.717) is 24.1 Å². The van der Waals surface area contributed by atoms with Gasteiger partial charge in [0.05, 0.1) is 18.0 Å². The van der Waals surface area contributed by atoms with Crippen molar-refractivity contribution in [2.24, 2.45) is 0 Å². The van der Waals surface area contributed by atoms with Gasteiger partial charge >= 0.3 is 6.03 Å². The third-order valence-electron chi connectivity index (χ3n) is 6.42. The number of ether oxygens (including phenoxy) is 1. The molecule has 0 spiro atoms. The predicted molar refractivity (Wildman–Crippen MR) is 132 cm³/mol. The number of para-hydroxylation sites is 2. The van der Waals surface area contributed by atoms with Gasteiger partial charge in [-0.1, -0.05) is 12.1 Å². The molecule has 1 saturated carbocycles. The summed E-state index contributed by atoms with van der Waals surface area (Å²) >= 11 is 0. The van der Waals surface area contributed by atoms with Crippen LogP contribution in [-0.4, -0.2) is 48.8 Å². The van der Waals surface area contributed by atoms with Gasteiger partial charge in [0.25, 0.3) is 0 Å². The molecule has 2 aliphatic rings. The highest BCUT2D eigenvalue weighted by molar-refractivity contribution is 5.91. The number of rotatable bonds is 7. The Morgan fingerprint density at radius 1 is 1.06 bits per heavy atom. The van der Waals surface area contributed by atoms with E-state index in [9.17, 15) is 4.79 Å². The Morgan fingerprint density at radius 3 is 2.55 bits per heavy atom. The molecular weight excluding hydrogens is 416 g/mol. The molecule has 1 aromatic carbocycles. The van der Waals surface area contributed by atoms with E-state index in [2.05, 4.69) is 34.9 Å². The number of amides is 2. The van der Waals surface area contributed by atoms with Crippen molar-refractivity contribution in [1.29, 1.82) is 0 Å². The summed E-state index contributed by atoms with van der Waals surface area (Å²) in [7, 11) is 4.10. The number of aryl methyl sites for hydroxylation is 1. The van der Waals surface area contributed by atoms with Gasteiger partial charge in [0.15, 0.2) is 0 Å². The normalized spacial score (nSPS) is 19.8. The summed E-state index contributed by atoms with van der Waals surface area (Å²) in [5.74, 6) is 2.47. The first-order valence-corrected chi connectivity index (χ1v) is 12.2. The molecule has 33 heavy (non-hydrogen) atoms. The molecule has 4 rings (SSSR count). The number of urea groups is 1. The van der Waals surface area contributed by atoms with E-state index in [1.54, 1.807) is 0 Å². The number of hydrogen-bond acceptors (Lipinski definition) is 6. The van der Waals surface area contributed by atoms with Crippen molar-refractivity contribution < 1.29 is 9.53 Å². The Bertz CT molecular complexity index is 956. The molecule has 178 valence electrons. The van der Waals surface area contributed by atoms with Crippen LogP contribution in [0.1, 0.15) is 56.7 Å². The second kappa shape index (κ2) is 10.7. The molecule has 8 heteroatoms. The van der Waals surface area contributed by atoms with E-state index in [1.807, 2.05) is 31.2 Å². The molecule has 1 aromatic heterocycles. The van der Waals surface area contributed by atoms with Gasteiger partial charge < -0.3 is 25.6 Å². The molecule has 2 amide bonds. The maximum absolute atomic E-state index is 12.5. The van der Waals surface area contributed by atoms with Gasteiger partial charge in [-0.05, 0) is 70.4 Å². The van der Waals surface area contributed by atoms with Crippen LogP contribution in [0.5, 0.6) is 5.75 Å². The summed E-state index contributed by atoms with van der Waals surface area (Å²) in [6.45, 7) is 2.49. The van der Waals surface area contributed by atoms with Crippen molar-refractivity contribution >= 4 is 23.5 Å². The summed E-state index contributed by atoms with van der Waals surface area (Å²) in [6, 6.07) is 7.79. The summed E-state index contributed by atoms with van der Waals surface area (Å²) in [5.41, 5.74) is 3.19. The molecule has 1 fully saturated rings. The summed E-state index contributed by atoms with van der Waals surface area (Å²) < 4.78 is 5.59. The molecule has 0 atom stereocenters. The fourth-order valence-electron chi connectivity index (χ4n) is 4.77. The lowest BCUT2D eigenvalue weighted by molar-refractivity contribution is 0.243. The molecule has 2 aromatic rings. The molecule has 0 unspecified atom stereocenters. The van der Waals surface area contributed by atoms with Crippen LogP contribution in [0.25, 0.3) is 0 Å². The number of benzene rings is 1. The average molecular weight is 453 g/mol. The van der Waals surface area contributed by atoms with Gasteiger partial charge in [-0.25, -0.2) is 9.78 Å². The highest BCUT2D eigenvalue weighted by Crippen LogP contribution is 2.29. The van der Waals surface area contributed by atoms with Crippen LogP contribution in [0.4, 0.5) is 22.2 Å². The number of nitrogens with zero attached hydrogens (tertiary/aromatic N) is 3. The first kappa shape index (κ1) is 23.1. The average Bonchev–Trinajstić information content (AvgIpc) is 2.81. The fraction of sp³-hybridized carbons (Fsp3) is 0.560. The predicted octanol–water partition coefficient (Wildman–Crippen LogP) is 4.36. The van der Waals surface area contributed by atoms with E-state index in [-0.39, 0.29) is 12.1 Å². The SMILES string of the molecule is CCOc1ccccc1NC(=O)N[C@H]1CC[C@@H](Nc2nc3c(c(N(C)C)n2)CCCC3)CC1. The first-order valence-electron chi connectivity index (χ1n) is 12.2. The molecule has 2 aliphatic carbocycles. The monoisotopic (exact) mass is 452 g/mol. The van der Waals surface area contributed by atoms with Gasteiger partial charge in [-0.3, -0.25) is 0 Å². The van der Waals surface area contributed by atoms with Crippen LogP contribution in [0, 0.1) is 0 Å². The van der Waals surface area contributed by atoms with Crippen molar-refractivity contribution in [3.63, 3.8) is 0 Å². The van der Waals surface area contributed by atoms with Crippen LogP contribution in [0.2, 0.25) is 0 Å². The zero-order valence-electron chi connectivity index (χ0n) is 20.0. The minimum absolute atomic E-state index is 0.157. The maximum atomic E-state index is 12.5. The second-order valence-electron chi connectivity index (χ2n) is 9.12. The Hall–Kier alpha value is -3.03. The Balaban J connectivity index is 1.30. The van der Waals surface area contributed by atoms with Gasteiger partial charge in [0.1, 0.15) is 11.6 Å². The van der Waals surface area contributed by atoms with Gasteiger partial charge in [0, 0.05) is 31.7 Å². The van der Waals surface area contributed by atoms with Crippen molar-refractivity contribution in [1.82, 2.24) is 15.3 Å². The van der Waals surface area contributed by atoms with Crippen molar-refractivity contribution in [3.05, 3.63) is 35.5 Å². The van der Waals surface area contributed by atoms with E-state index < -0.39 is 0 Å². The van der Waals surface area contributed by atoms with Crippen LogP contribution in [-0.2, 0) is 12.8 Å². The standard InChI is InChI=1S/C25H36N6O2/c1-4-33-22-12-8-7-11-21(22)29-25(32)27-18-15-13-17(14-16-18)26-24-28-20-10-6-5-9-19(20)23(30-24)31(2)3/h7-8,11-12,17-18H,4-6,9-10,13-16H2,1-3H3,(H,26,28,30)(H2,27,29,32)/t17-,18+. The van der Waals surface area contributed by atoms with Crippen LogP contribution in [0.15, 0.2) is 24.3 Å². The number of fused-ring (bicyclic) bond motifs is 1. The number of carbonyl (C=O) groups excluding carboxylic acids is 1.